The van der Waals surface area contributed by atoms with Gasteiger partial charge in [-0.3, -0.25) is 30.0 Å². The maximum Gasteiger partial charge on any atom is 0.328 e. The first kappa shape index (κ1) is 73.5. The molecule has 17 rings (SSSR count). The van der Waals surface area contributed by atoms with Crippen LogP contribution in [-0.4, -0.2) is 107 Å². The molecule has 0 spiro atoms. The summed E-state index contributed by atoms with van der Waals surface area (Å²) < 4.78 is 87.5. The molecular weight excluding hydrogens is 1410 g/mol. The van der Waals surface area contributed by atoms with E-state index in [-0.39, 0.29) is 53.4 Å². The molecule has 0 aliphatic heterocycles. The lowest BCUT2D eigenvalue weighted by Gasteiger charge is -2.17. The molecule has 16 aromatic rings. The summed E-state index contributed by atoms with van der Waals surface area (Å²) in [5, 5.41) is 63.7. The maximum absolute atomic E-state index is 13.6. The van der Waals surface area contributed by atoms with E-state index in [1.54, 1.807) is 79.4 Å². The third-order valence-corrected chi connectivity index (χ3v) is 21.3. The molecule has 7 N–H and O–H groups in total. The SMILES string of the molecule is CC(C)c1c(/C=C/C(=O)O)c2cc3[nH]ncc3cc2n1-c1ccc(F)cc1.CC(C)c1c(CC2(C(=O)O)CC2)c2cc3[nH]ncc3cc2n1-c1ccc(F)cc1.CC(C)c1c(CCC(=O)O)c2cc3[nH]ncc3cc2n1-c1ccc(F)cc1.CC(C)c1c(S(C)(=O)=O)c2cc3[nH]ncc3cc2n1-c1ccc(F)cc1. The summed E-state index contributed by atoms with van der Waals surface area (Å²) in [5.74, 6) is -3.35. The third-order valence-electron chi connectivity index (χ3n) is 20.2. The van der Waals surface area contributed by atoms with Gasteiger partial charge in [0, 0.05) is 113 Å². The van der Waals surface area contributed by atoms with Crippen molar-refractivity contribution in [2.75, 3.05) is 6.26 Å². The maximum atomic E-state index is 13.6. The number of fused-ring (bicyclic) bond motifs is 8. The standard InChI is InChI=1S/C23H22FN3O2.C21H20FN3O2.C21H18FN3O2.C19H18FN3O2S/c1-13(2)21-18(11-23(7-8-23)22(28)29)17-10-19-14(12-25-26-19)9-20(17)27(21)16-5-3-15(24)4-6-16;2*1-12(2)21-16(7-8-20(26)27)17-10-18-13(11-23-24-18)9-19(17)25(21)15-5-3-14(22)4-6-15;1-11(2)18-19(26(3,24)25)15-9-16-12(10-21-22-16)8-17(15)23(18)14-6-4-13(20)5-7-14/h3-6,9-10,12-13H,7-8,11H2,1-2H3,(H,25,26)(H,28,29);3-6,9-12H,7-8H2,1-2H3,(H,23,24)(H,26,27);3-12H,1-2H3,(H,23,24)(H,26,27);4-11H,1-3H3,(H,21,22)/b;;8-7+;. The number of carbonyl (C=O) groups is 3. The summed E-state index contributed by atoms with van der Waals surface area (Å²) in [7, 11) is -3.48. The van der Waals surface area contributed by atoms with Gasteiger partial charge >= 0.3 is 17.9 Å². The Morgan fingerprint density at radius 1 is 0.459 bits per heavy atom. The number of H-pyrrole nitrogens is 4. The van der Waals surface area contributed by atoms with Crippen molar-refractivity contribution in [3.05, 3.63) is 239 Å². The first-order valence-electron chi connectivity index (χ1n) is 35.7. The molecule has 1 aliphatic rings. The van der Waals surface area contributed by atoms with Crippen LogP contribution in [0.3, 0.4) is 0 Å². The van der Waals surface area contributed by atoms with Gasteiger partial charge in [-0.2, -0.15) is 20.4 Å². The second kappa shape index (κ2) is 29.1. The van der Waals surface area contributed by atoms with Gasteiger partial charge in [-0.15, -0.1) is 0 Å². The summed E-state index contributed by atoms with van der Waals surface area (Å²) in [6, 6.07) is 41.2. The monoisotopic (exact) mass is 1490 g/mol. The van der Waals surface area contributed by atoms with Gasteiger partial charge in [0.15, 0.2) is 9.84 Å². The third kappa shape index (κ3) is 14.1. The number of rotatable bonds is 17. The lowest BCUT2D eigenvalue weighted by Crippen LogP contribution is -2.18. The number of benzene rings is 8. The Morgan fingerprint density at radius 2 is 0.780 bits per heavy atom. The van der Waals surface area contributed by atoms with Crippen LogP contribution in [0.4, 0.5) is 17.6 Å². The van der Waals surface area contributed by atoms with Crippen LogP contribution in [-0.2, 0) is 37.1 Å². The van der Waals surface area contributed by atoms with Crippen LogP contribution in [0.5, 0.6) is 0 Å². The van der Waals surface area contributed by atoms with E-state index in [1.807, 2.05) is 54.8 Å². The van der Waals surface area contributed by atoms with E-state index in [9.17, 15) is 50.6 Å². The van der Waals surface area contributed by atoms with Gasteiger partial charge in [0.2, 0.25) is 0 Å². The van der Waals surface area contributed by atoms with Gasteiger partial charge in [-0.1, -0.05) is 55.4 Å². The predicted molar refractivity (Wildman–Crippen MR) is 417 cm³/mol. The Bertz CT molecular complexity index is 6350. The van der Waals surface area contributed by atoms with Crippen molar-refractivity contribution in [3.8, 4) is 22.7 Å². The molecule has 1 aliphatic carbocycles. The minimum Gasteiger partial charge on any atom is -0.481 e. The highest BCUT2D eigenvalue weighted by Gasteiger charge is 2.51. The Labute approximate surface area is 622 Å². The Morgan fingerprint density at radius 3 is 1.12 bits per heavy atom. The summed E-state index contributed by atoms with van der Waals surface area (Å²) in [6.07, 6.45) is 13.4. The average molecular weight is 1490 g/mol. The van der Waals surface area contributed by atoms with Crippen LogP contribution in [0.25, 0.3) is 116 Å². The van der Waals surface area contributed by atoms with E-state index >= 15 is 0 Å². The molecule has 1 saturated carbocycles. The summed E-state index contributed by atoms with van der Waals surface area (Å²) in [6.45, 7) is 16.4. The largest absolute Gasteiger partial charge is 0.481 e. The van der Waals surface area contributed by atoms with Crippen LogP contribution in [0.1, 0.15) is 138 Å². The number of aliphatic carboxylic acids is 3. The molecule has 556 valence electrons. The number of carboxylic acid groups (broad SMARTS) is 3. The number of aryl methyl sites for hydroxylation is 1. The number of hydrogen-bond donors (Lipinski definition) is 7. The Balaban J connectivity index is 0.000000121. The lowest BCUT2D eigenvalue weighted by atomic mass is 9.91. The number of aromatic amines is 4. The summed E-state index contributed by atoms with van der Waals surface area (Å²) >= 11 is 0. The van der Waals surface area contributed by atoms with Crippen molar-refractivity contribution in [2.24, 2.45) is 5.41 Å². The molecule has 0 bridgehead atoms. The smallest absolute Gasteiger partial charge is 0.328 e. The molecule has 8 heterocycles. The molecule has 0 saturated heterocycles. The van der Waals surface area contributed by atoms with Crippen molar-refractivity contribution >= 4 is 121 Å². The number of halogens is 4. The van der Waals surface area contributed by atoms with Gasteiger partial charge < -0.3 is 33.6 Å². The molecule has 8 aromatic heterocycles. The minimum atomic E-state index is -3.48. The van der Waals surface area contributed by atoms with Gasteiger partial charge in [0.05, 0.1) is 79.2 Å². The molecule has 20 nitrogen and oxygen atoms in total. The average Bonchev–Trinajstić information content (AvgIpc) is 1.60. The van der Waals surface area contributed by atoms with Gasteiger partial charge in [0.25, 0.3) is 0 Å². The van der Waals surface area contributed by atoms with E-state index in [1.165, 1.54) is 54.8 Å². The van der Waals surface area contributed by atoms with Crippen LogP contribution < -0.4 is 0 Å². The van der Waals surface area contributed by atoms with Crippen molar-refractivity contribution in [1.82, 2.24) is 59.1 Å². The lowest BCUT2D eigenvalue weighted by molar-refractivity contribution is -0.143. The quantitative estimate of drug-likeness (QED) is 0.0331. The van der Waals surface area contributed by atoms with Gasteiger partial charge in [-0.05, 0) is 212 Å². The van der Waals surface area contributed by atoms with E-state index < -0.39 is 33.2 Å². The molecule has 109 heavy (non-hydrogen) atoms. The normalized spacial score (nSPS) is 13.0. The summed E-state index contributed by atoms with van der Waals surface area (Å²) in [5.41, 5.74) is 16.4. The highest BCUT2D eigenvalue weighted by molar-refractivity contribution is 7.91. The predicted octanol–water partition coefficient (Wildman–Crippen LogP) is 19.0. The number of sulfone groups is 1. The van der Waals surface area contributed by atoms with Crippen LogP contribution in [0, 0.1) is 28.7 Å². The van der Waals surface area contributed by atoms with Gasteiger partial charge in [-0.25, -0.2) is 30.8 Å². The summed E-state index contributed by atoms with van der Waals surface area (Å²) in [4.78, 5) is 34.6. The molecular formula is C84H78F4N12O8S. The van der Waals surface area contributed by atoms with Crippen LogP contribution >= 0.6 is 0 Å². The van der Waals surface area contributed by atoms with E-state index in [4.69, 9.17) is 5.11 Å². The number of nitrogens with zero attached hydrogens (tertiary/aromatic N) is 8. The molecule has 0 amide bonds. The first-order valence-corrected chi connectivity index (χ1v) is 37.6. The fourth-order valence-corrected chi connectivity index (χ4v) is 16.5. The van der Waals surface area contributed by atoms with Gasteiger partial charge in [0.1, 0.15) is 23.3 Å². The molecule has 25 heteroatoms. The number of aromatic nitrogens is 12. The van der Waals surface area contributed by atoms with E-state index in [0.29, 0.717) is 41.7 Å². The van der Waals surface area contributed by atoms with Crippen LogP contribution in [0.15, 0.2) is 181 Å². The number of hydrogen-bond acceptors (Lipinski definition) is 9. The second-order valence-corrected chi connectivity index (χ2v) is 31.0. The Hall–Kier alpha value is -12.4. The van der Waals surface area contributed by atoms with Crippen molar-refractivity contribution < 1.29 is 55.7 Å². The highest BCUT2D eigenvalue weighted by Crippen LogP contribution is 2.52. The topological polar surface area (TPSA) is 280 Å². The van der Waals surface area contributed by atoms with Crippen LogP contribution in [0.2, 0.25) is 0 Å². The van der Waals surface area contributed by atoms with Crippen molar-refractivity contribution in [3.63, 3.8) is 0 Å². The highest BCUT2D eigenvalue weighted by atomic mass is 32.2. The first-order chi connectivity index (χ1) is 52.1. The molecule has 0 atom stereocenters. The second-order valence-electron chi connectivity index (χ2n) is 29.0. The molecule has 0 unspecified atom stereocenters. The van der Waals surface area contributed by atoms with Crippen molar-refractivity contribution in [1.29, 1.82) is 0 Å². The zero-order valence-corrected chi connectivity index (χ0v) is 61.9. The zero-order chi connectivity index (χ0) is 77.2. The molecule has 0 radical (unpaired) electrons. The fourth-order valence-electron chi connectivity index (χ4n) is 15.2. The Kier molecular flexibility index (Phi) is 19.6. The molecule has 8 aromatic carbocycles. The van der Waals surface area contributed by atoms with Crippen molar-refractivity contribution in [2.45, 2.75) is 116 Å². The zero-order valence-electron chi connectivity index (χ0n) is 61.0. The van der Waals surface area contributed by atoms with E-state index in [0.717, 1.165) is 144 Å². The molecule has 1 fully saturated rings. The minimum absolute atomic E-state index is 0.0476. The van der Waals surface area contributed by atoms with E-state index in [2.05, 4.69) is 108 Å². The number of carboxylic acids is 3. The number of nitrogens with one attached hydrogen (secondary N) is 4. The fraction of sp³-hybridized carbons (Fsp3) is 0.226.